The Labute approximate surface area is 226 Å². The van der Waals surface area contributed by atoms with Crippen molar-refractivity contribution in [2.24, 2.45) is 0 Å². The Kier molecular flexibility index (Phi) is 6.47. The number of aliphatic hydroxyl groups excluding tert-OH is 1. The SMILES string of the molecule is CC(O)c1c[nH]c2cc(-c3cc(Nc4ccc(N5CCN(C(C)C)CC5)cn4)c4nccn4c3Cl)ccc12. The number of halogens is 1. The zero-order valence-corrected chi connectivity index (χ0v) is 22.6. The van der Waals surface area contributed by atoms with E-state index in [2.05, 4.69) is 51.1 Å². The van der Waals surface area contributed by atoms with E-state index in [4.69, 9.17) is 16.6 Å². The summed E-state index contributed by atoms with van der Waals surface area (Å²) in [5.74, 6) is 0.745. The molecular weight excluding hydrogens is 498 g/mol. The van der Waals surface area contributed by atoms with E-state index in [1.807, 2.05) is 47.3 Å². The molecule has 1 saturated heterocycles. The van der Waals surface area contributed by atoms with E-state index in [0.29, 0.717) is 11.2 Å². The van der Waals surface area contributed by atoms with Gasteiger partial charge in [-0.05, 0) is 50.6 Å². The number of nitrogens with zero attached hydrogens (tertiary/aromatic N) is 5. The van der Waals surface area contributed by atoms with Gasteiger partial charge in [0.05, 0.1) is 23.7 Å². The number of aromatic nitrogens is 4. The van der Waals surface area contributed by atoms with Crippen LogP contribution in [0.5, 0.6) is 0 Å². The van der Waals surface area contributed by atoms with Gasteiger partial charge in [-0.2, -0.15) is 0 Å². The lowest BCUT2D eigenvalue weighted by Gasteiger charge is -2.38. The van der Waals surface area contributed by atoms with Crippen molar-refractivity contribution in [1.29, 1.82) is 0 Å². The second-order valence-electron chi connectivity index (χ2n) is 10.2. The fraction of sp³-hybridized carbons (Fsp3) is 0.310. The van der Waals surface area contributed by atoms with Crippen LogP contribution in [0.25, 0.3) is 27.7 Å². The van der Waals surface area contributed by atoms with Gasteiger partial charge in [0.15, 0.2) is 5.65 Å². The molecule has 38 heavy (non-hydrogen) atoms. The molecular formula is C29H32ClN7O. The van der Waals surface area contributed by atoms with Gasteiger partial charge >= 0.3 is 0 Å². The van der Waals surface area contributed by atoms with Crippen molar-refractivity contribution in [3.05, 3.63) is 71.9 Å². The summed E-state index contributed by atoms with van der Waals surface area (Å²) in [5.41, 5.74) is 6.33. The van der Waals surface area contributed by atoms with Crippen molar-refractivity contribution in [2.45, 2.75) is 32.9 Å². The van der Waals surface area contributed by atoms with Crippen molar-refractivity contribution in [1.82, 2.24) is 24.3 Å². The molecule has 1 atom stereocenters. The zero-order chi connectivity index (χ0) is 26.4. The number of H-pyrrole nitrogens is 1. The Bertz CT molecular complexity index is 1580. The van der Waals surface area contributed by atoms with Crippen molar-refractivity contribution in [3.8, 4) is 11.1 Å². The molecule has 8 nitrogen and oxygen atoms in total. The zero-order valence-electron chi connectivity index (χ0n) is 21.8. The van der Waals surface area contributed by atoms with Crippen LogP contribution < -0.4 is 10.2 Å². The molecule has 0 spiro atoms. The van der Waals surface area contributed by atoms with Crippen LogP contribution in [0, 0.1) is 0 Å². The Hall–Kier alpha value is -3.59. The predicted octanol–water partition coefficient (Wildman–Crippen LogP) is 5.86. The number of hydrogen-bond acceptors (Lipinski definition) is 6. The molecule has 196 valence electrons. The van der Waals surface area contributed by atoms with Crippen LogP contribution in [0.1, 0.15) is 32.4 Å². The van der Waals surface area contributed by atoms with Gasteiger partial charge in [-0.15, -0.1) is 0 Å². The number of aromatic amines is 1. The van der Waals surface area contributed by atoms with Crippen LogP contribution in [-0.2, 0) is 0 Å². The highest BCUT2D eigenvalue weighted by molar-refractivity contribution is 6.32. The molecule has 6 rings (SSSR count). The highest BCUT2D eigenvalue weighted by atomic mass is 35.5. The van der Waals surface area contributed by atoms with E-state index in [9.17, 15) is 5.11 Å². The van der Waals surface area contributed by atoms with Crippen molar-refractivity contribution in [3.63, 3.8) is 0 Å². The van der Waals surface area contributed by atoms with Gasteiger partial charge in [0.1, 0.15) is 11.0 Å². The van der Waals surface area contributed by atoms with Gasteiger partial charge < -0.3 is 20.3 Å². The first-order valence-corrected chi connectivity index (χ1v) is 13.4. The lowest BCUT2D eigenvalue weighted by atomic mass is 10.0. The van der Waals surface area contributed by atoms with E-state index in [0.717, 1.165) is 76.6 Å². The minimum atomic E-state index is -0.542. The molecule has 3 N–H and O–H groups in total. The number of rotatable bonds is 6. The molecule has 1 unspecified atom stereocenters. The molecule has 1 aliphatic rings. The number of anilines is 3. The summed E-state index contributed by atoms with van der Waals surface area (Å²) in [6, 6.07) is 12.8. The van der Waals surface area contributed by atoms with Gasteiger partial charge in [0, 0.05) is 72.8 Å². The quantitative estimate of drug-likeness (QED) is 0.239. The molecule has 5 aromatic rings. The number of pyridine rings is 2. The predicted molar refractivity (Wildman–Crippen MR) is 155 cm³/mol. The standard InChI is InChI=1S/C29H32ClN7O/c1-18(2)35-10-12-36(13-11-35)21-5-7-27(33-16-21)34-26-15-23(28(30)37-9-8-31-29(26)37)20-4-6-22-24(19(3)38)17-32-25(22)14-20/h4-9,14-19,32,38H,10-13H2,1-3H3,(H,33,34). The van der Waals surface area contributed by atoms with E-state index >= 15 is 0 Å². The number of fused-ring (bicyclic) bond motifs is 2. The summed E-state index contributed by atoms with van der Waals surface area (Å²) in [7, 11) is 0. The molecule has 0 aliphatic carbocycles. The first-order chi connectivity index (χ1) is 18.4. The van der Waals surface area contributed by atoms with Gasteiger partial charge in [-0.25, -0.2) is 9.97 Å². The van der Waals surface area contributed by atoms with E-state index < -0.39 is 6.10 Å². The normalized spacial score (nSPS) is 15.6. The topological polar surface area (TPSA) is 84.7 Å². The molecule has 1 aliphatic heterocycles. The van der Waals surface area contributed by atoms with Gasteiger partial charge in [-0.3, -0.25) is 9.30 Å². The number of hydrogen-bond donors (Lipinski definition) is 3. The van der Waals surface area contributed by atoms with Crippen LogP contribution in [-0.4, -0.2) is 61.6 Å². The van der Waals surface area contributed by atoms with Crippen LogP contribution in [0.15, 0.2) is 61.2 Å². The number of nitrogens with one attached hydrogen (secondary N) is 2. The number of aliphatic hydroxyl groups is 1. The fourth-order valence-corrected chi connectivity index (χ4v) is 5.60. The summed E-state index contributed by atoms with van der Waals surface area (Å²) in [4.78, 5) is 17.4. The van der Waals surface area contributed by atoms with Crippen LogP contribution in [0.2, 0.25) is 5.15 Å². The lowest BCUT2D eigenvalue weighted by molar-refractivity contribution is 0.201. The maximum Gasteiger partial charge on any atom is 0.161 e. The Morgan fingerprint density at radius 3 is 2.55 bits per heavy atom. The van der Waals surface area contributed by atoms with Gasteiger partial charge in [0.25, 0.3) is 0 Å². The lowest BCUT2D eigenvalue weighted by Crippen LogP contribution is -2.48. The number of benzene rings is 1. The largest absolute Gasteiger partial charge is 0.389 e. The third kappa shape index (κ3) is 4.49. The Morgan fingerprint density at radius 1 is 1.03 bits per heavy atom. The molecule has 1 fully saturated rings. The molecule has 1 aromatic carbocycles. The molecule has 0 amide bonds. The molecule has 0 saturated carbocycles. The maximum atomic E-state index is 10.1. The number of imidazole rings is 1. The number of piperazine rings is 1. The van der Waals surface area contributed by atoms with Crippen molar-refractivity contribution >= 4 is 45.3 Å². The summed E-state index contributed by atoms with van der Waals surface area (Å²) in [6.45, 7) is 10.4. The highest BCUT2D eigenvalue weighted by Gasteiger charge is 2.20. The van der Waals surface area contributed by atoms with Crippen LogP contribution in [0.3, 0.4) is 0 Å². The summed E-state index contributed by atoms with van der Waals surface area (Å²) >= 11 is 6.86. The van der Waals surface area contributed by atoms with E-state index in [1.54, 1.807) is 13.1 Å². The molecule has 4 aromatic heterocycles. The molecule has 0 bridgehead atoms. The third-order valence-corrected chi connectivity index (χ3v) is 7.88. The average Bonchev–Trinajstić information content (AvgIpc) is 3.59. The van der Waals surface area contributed by atoms with E-state index in [-0.39, 0.29) is 0 Å². The smallest absolute Gasteiger partial charge is 0.161 e. The minimum absolute atomic E-state index is 0.542. The second kappa shape index (κ2) is 9.94. The molecule has 9 heteroatoms. The van der Waals surface area contributed by atoms with E-state index in [1.165, 1.54) is 0 Å². The summed E-state index contributed by atoms with van der Waals surface area (Å²) in [5, 5.41) is 15.1. The summed E-state index contributed by atoms with van der Waals surface area (Å²) in [6.07, 6.45) is 6.85. The highest BCUT2D eigenvalue weighted by Crippen LogP contribution is 2.36. The average molecular weight is 530 g/mol. The molecule has 5 heterocycles. The maximum absolute atomic E-state index is 10.1. The molecule has 0 radical (unpaired) electrons. The Morgan fingerprint density at radius 2 is 1.84 bits per heavy atom. The first-order valence-electron chi connectivity index (χ1n) is 13.1. The van der Waals surface area contributed by atoms with Crippen molar-refractivity contribution in [2.75, 3.05) is 36.4 Å². The van der Waals surface area contributed by atoms with Crippen LogP contribution in [0.4, 0.5) is 17.2 Å². The fourth-order valence-electron chi connectivity index (χ4n) is 5.30. The monoisotopic (exact) mass is 529 g/mol. The van der Waals surface area contributed by atoms with Crippen LogP contribution >= 0.6 is 11.6 Å². The van der Waals surface area contributed by atoms with Crippen molar-refractivity contribution < 1.29 is 5.11 Å². The first kappa shape index (κ1) is 24.7. The second-order valence-corrected chi connectivity index (χ2v) is 10.6. The minimum Gasteiger partial charge on any atom is -0.389 e. The van der Waals surface area contributed by atoms with Gasteiger partial charge in [0.2, 0.25) is 0 Å². The third-order valence-electron chi connectivity index (χ3n) is 7.50. The van der Waals surface area contributed by atoms with Gasteiger partial charge in [-0.1, -0.05) is 23.7 Å². The summed E-state index contributed by atoms with van der Waals surface area (Å²) < 4.78 is 1.88. The Balaban J connectivity index is 1.29.